The number of anilines is 1. The van der Waals surface area contributed by atoms with Crippen molar-refractivity contribution in [1.82, 2.24) is 4.98 Å². The second kappa shape index (κ2) is 8.15. The summed E-state index contributed by atoms with van der Waals surface area (Å²) in [6.45, 7) is 0. The predicted molar refractivity (Wildman–Crippen MR) is 114 cm³/mol. The Balaban J connectivity index is 1.60. The van der Waals surface area contributed by atoms with Crippen molar-refractivity contribution in [3.8, 4) is 23.0 Å². The lowest BCUT2D eigenvalue weighted by atomic mass is 10.1. The molecule has 0 saturated heterocycles. The number of benzene rings is 3. The van der Waals surface area contributed by atoms with E-state index in [0.29, 0.717) is 34.0 Å². The van der Waals surface area contributed by atoms with Gasteiger partial charge in [0.2, 0.25) is 5.89 Å². The van der Waals surface area contributed by atoms with Gasteiger partial charge >= 0.3 is 5.69 Å². The molecule has 9 heteroatoms. The number of ether oxygens (including phenoxy) is 2. The predicted octanol–water partition coefficient (Wildman–Crippen LogP) is 4.67. The molecule has 1 amide bonds. The first-order chi connectivity index (χ1) is 15.0. The lowest BCUT2D eigenvalue weighted by Gasteiger charge is -2.07. The summed E-state index contributed by atoms with van der Waals surface area (Å²) >= 11 is 0. The van der Waals surface area contributed by atoms with E-state index < -0.39 is 10.8 Å². The number of carbonyl (C=O) groups is 1. The van der Waals surface area contributed by atoms with Gasteiger partial charge in [0.05, 0.1) is 19.1 Å². The standard InChI is InChI=1S/C22H17N3O6/c1-29-16-7-9-19-17(12-16)24-22(31-19)14-4-3-5-15(10-14)23-21(26)13-6-8-20(30-2)18(11-13)25(27)28/h3-12H,1-2H3,(H,23,26). The van der Waals surface area contributed by atoms with E-state index >= 15 is 0 Å². The number of oxazole rings is 1. The van der Waals surface area contributed by atoms with Crippen LogP contribution in [-0.4, -0.2) is 30.0 Å². The molecular weight excluding hydrogens is 402 g/mol. The molecule has 0 radical (unpaired) electrons. The molecule has 1 N–H and O–H groups in total. The van der Waals surface area contributed by atoms with Gasteiger partial charge in [-0.2, -0.15) is 0 Å². The van der Waals surface area contributed by atoms with Gasteiger partial charge in [-0.3, -0.25) is 14.9 Å². The van der Waals surface area contributed by atoms with Gasteiger partial charge in [-0.1, -0.05) is 6.07 Å². The number of fused-ring (bicyclic) bond motifs is 1. The van der Waals surface area contributed by atoms with Crippen molar-refractivity contribution in [3.05, 3.63) is 76.3 Å². The first-order valence-corrected chi connectivity index (χ1v) is 9.17. The topological polar surface area (TPSA) is 117 Å². The fourth-order valence-electron chi connectivity index (χ4n) is 3.06. The fourth-order valence-corrected chi connectivity index (χ4v) is 3.06. The summed E-state index contributed by atoms with van der Waals surface area (Å²) in [4.78, 5) is 27.7. The molecule has 1 heterocycles. The van der Waals surface area contributed by atoms with Gasteiger partial charge in [0.1, 0.15) is 11.3 Å². The zero-order valence-electron chi connectivity index (χ0n) is 16.6. The largest absolute Gasteiger partial charge is 0.497 e. The average molecular weight is 419 g/mol. The molecular formula is C22H17N3O6. The highest BCUT2D eigenvalue weighted by molar-refractivity contribution is 6.05. The number of rotatable bonds is 6. The third kappa shape index (κ3) is 4.01. The quantitative estimate of drug-likeness (QED) is 0.356. The van der Waals surface area contributed by atoms with Gasteiger partial charge in [0, 0.05) is 28.9 Å². The Morgan fingerprint density at radius 3 is 2.65 bits per heavy atom. The van der Waals surface area contributed by atoms with E-state index in [9.17, 15) is 14.9 Å². The van der Waals surface area contributed by atoms with Crippen LogP contribution in [0, 0.1) is 10.1 Å². The fraction of sp³-hybridized carbons (Fsp3) is 0.0909. The maximum Gasteiger partial charge on any atom is 0.311 e. The summed E-state index contributed by atoms with van der Waals surface area (Å²) in [5, 5.41) is 13.9. The molecule has 0 saturated carbocycles. The van der Waals surface area contributed by atoms with Crippen LogP contribution in [-0.2, 0) is 0 Å². The molecule has 156 valence electrons. The molecule has 0 aliphatic carbocycles. The van der Waals surface area contributed by atoms with E-state index in [-0.39, 0.29) is 17.0 Å². The molecule has 0 aliphatic rings. The minimum atomic E-state index is -0.599. The minimum absolute atomic E-state index is 0.0798. The number of aromatic nitrogens is 1. The monoisotopic (exact) mass is 419 g/mol. The van der Waals surface area contributed by atoms with Gasteiger partial charge in [0.25, 0.3) is 5.91 Å². The molecule has 1 aromatic heterocycles. The Bertz CT molecular complexity index is 1300. The molecule has 0 atom stereocenters. The van der Waals surface area contributed by atoms with Gasteiger partial charge in [-0.25, -0.2) is 4.98 Å². The van der Waals surface area contributed by atoms with Crippen molar-refractivity contribution < 1.29 is 23.6 Å². The van der Waals surface area contributed by atoms with Gasteiger partial charge in [-0.05, 0) is 42.5 Å². The molecule has 3 aromatic carbocycles. The van der Waals surface area contributed by atoms with Crippen molar-refractivity contribution in [2.24, 2.45) is 0 Å². The van der Waals surface area contributed by atoms with Crippen molar-refractivity contribution in [2.45, 2.75) is 0 Å². The number of nitro groups is 1. The number of nitrogens with one attached hydrogen (secondary N) is 1. The van der Waals surface area contributed by atoms with E-state index in [1.165, 1.54) is 25.3 Å². The van der Waals surface area contributed by atoms with Crippen LogP contribution < -0.4 is 14.8 Å². The number of amides is 1. The smallest absolute Gasteiger partial charge is 0.311 e. The Morgan fingerprint density at radius 2 is 1.90 bits per heavy atom. The lowest BCUT2D eigenvalue weighted by Crippen LogP contribution is -2.12. The van der Waals surface area contributed by atoms with Crippen molar-refractivity contribution in [1.29, 1.82) is 0 Å². The molecule has 31 heavy (non-hydrogen) atoms. The highest BCUT2D eigenvalue weighted by atomic mass is 16.6. The number of hydrogen-bond donors (Lipinski definition) is 1. The zero-order chi connectivity index (χ0) is 22.0. The van der Waals surface area contributed by atoms with E-state index in [4.69, 9.17) is 13.9 Å². The Kier molecular flexibility index (Phi) is 5.23. The van der Waals surface area contributed by atoms with Crippen LogP contribution in [0.5, 0.6) is 11.5 Å². The summed E-state index contributed by atoms with van der Waals surface area (Å²) < 4.78 is 16.0. The third-order valence-electron chi connectivity index (χ3n) is 4.60. The molecule has 0 bridgehead atoms. The molecule has 4 rings (SSSR count). The van der Waals surface area contributed by atoms with Crippen LogP contribution in [0.2, 0.25) is 0 Å². The second-order valence-corrected chi connectivity index (χ2v) is 6.53. The van der Waals surface area contributed by atoms with Crippen LogP contribution in [0.25, 0.3) is 22.6 Å². The maximum atomic E-state index is 12.6. The number of carbonyl (C=O) groups excluding carboxylic acids is 1. The van der Waals surface area contributed by atoms with E-state index in [2.05, 4.69) is 10.3 Å². The van der Waals surface area contributed by atoms with E-state index in [0.717, 1.165) is 0 Å². The first kappa shape index (κ1) is 19.9. The van der Waals surface area contributed by atoms with Gasteiger partial charge in [0.15, 0.2) is 11.3 Å². The van der Waals surface area contributed by atoms with Crippen molar-refractivity contribution >= 4 is 28.4 Å². The average Bonchev–Trinajstić information content (AvgIpc) is 3.22. The number of nitro benzene ring substituents is 1. The van der Waals surface area contributed by atoms with Crippen LogP contribution >= 0.6 is 0 Å². The Hall–Kier alpha value is -4.40. The summed E-state index contributed by atoms with van der Waals surface area (Å²) in [6, 6.07) is 16.3. The Labute approximate surface area is 176 Å². The molecule has 0 aliphatic heterocycles. The summed E-state index contributed by atoms with van der Waals surface area (Å²) in [7, 11) is 2.90. The Morgan fingerprint density at radius 1 is 1.06 bits per heavy atom. The number of nitrogens with zero attached hydrogens (tertiary/aromatic N) is 2. The van der Waals surface area contributed by atoms with Crippen molar-refractivity contribution in [2.75, 3.05) is 19.5 Å². The van der Waals surface area contributed by atoms with Gasteiger partial charge in [-0.15, -0.1) is 0 Å². The molecule has 0 fully saturated rings. The highest BCUT2D eigenvalue weighted by Gasteiger charge is 2.18. The number of hydrogen-bond acceptors (Lipinski definition) is 7. The van der Waals surface area contributed by atoms with Gasteiger partial charge < -0.3 is 19.2 Å². The zero-order valence-corrected chi connectivity index (χ0v) is 16.6. The van der Waals surface area contributed by atoms with Crippen LogP contribution in [0.1, 0.15) is 10.4 Å². The first-order valence-electron chi connectivity index (χ1n) is 9.17. The highest BCUT2D eigenvalue weighted by Crippen LogP contribution is 2.30. The second-order valence-electron chi connectivity index (χ2n) is 6.53. The van der Waals surface area contributed by atoms with E-state index in [1.807, 2.05) is 0 Å². The molecule has 4 aromatic rings. The van der Waals surface area contributed by atoms with Crippen LogP contribution in [0.4, 0.5) is 11.4 Å². The summed E-state index contributed by atoms with van der Waals surface area (Å²) in [5.74, 6) is 0.641. The number of methoxy groups -OCH3 is 2. The molecule has 0 unspecified atom stereocenters. The summed E-state index contributed by atoms with van der Waals surface area (Å²) in [6.07, 6.45) is 0. The SMILES string of the molecule is COc1ccc2oc(-c3cccc(NC(=O)c4ccc(OC)c([N+](=O)[O-])c4)c3)nc2c1. The third-order valence-corrected chi connectivity index (χ3v) is 4.60. The normalized spacial score (nSPS) is 10.6. The summed E-state index contributed by atoms with van der Waals surface area (Å²) in [5.41, 5.74) is 2.25. The minimum Gasteiger partial charge on any atom is -0.497 e. The molecule has 0 spiro atoms. The van der Waals surface area contributed by atoms with Crippen LogP contribution in [0.3, 0.4) is 0 Å². The van der Waals surface area contributed by atoms with Crippen molar-refractivity contribution in [3.63, 3.8) is 0 Å². The maximum absolute atomic E-state index is 12.6. The molecule has 9 nitrogen and oxygen atoms in total. The van der Waals surface area contributed by atoms with Crippen LogP contribution in [0.15, 0.2) is 65.1 Å². The lowest BCUT2D eigenvalue weighted by molar-refractivity contribution is -0.385. The van der Waals surface area contributed by atoms with E-state index in [1.54, 1.807) is 49.6 Å².